The van der Waals surface area contributed by atoms with Crippen LogP contribution in [-0.2, 0) is 20.1 Å². The van der Waals surface area contributed by atoms with E-state index in [-0.39, 0.29) is 0 Å². The zero-order valence-electron chi connectivity index (χ0n) is 16.4. The van der Waals surface area contributed by atoms with Gasteiger partial charge in [0.05, 0.1) is 13.3 Å². The second-order valence-electron chi connectivity index (χ2n) is 7.13. The third-order valence-corrected chi connectivity index (χ3v) is 6.66. The number of nitrogens with zero attached hydrogens (tertiary/aromatic N) is 4. The van der Waals surface area contributed by atoms with Crippen molar-refractivity contribution in [3.8, 4) is 5.75 Å². The molecule has 0 radical (unpaired) electrons. The third-order valence-electron chi connectivity index (χ3n) is 5.30. The number of likely N-dealkylation sites (tertiary alicyclic amines) is 1. The highest BCUT2D eigenvalue weighted by Crippen LogP contribution is 2.33. The van der Waals surface area contributed by atoms with Crippen LogP contribution in [0.1, 0.15) is 42.1 Å². The molecule has 148 valence electrons. The Labute approximate surface area is 175 Å². The molecule has 0 saturated carbocycles. The molecule has 1 saturated heterocycles. The number of hydrogen-bond acceptors (Lipinski definition) is 5. The second kappa shape index (κ2) is 8.59. The molecule has 1 atom stereocenters. The predicted octanol–water partition coefficient (Wildman–Crippen LogP) is 4.80. The summed E-state index contributed by atoms with van der Waals surface area (Å²) in [5, 5.41) is 6.94. The lowest BCUT2D eigenvalue weighted by molar-refractivity contribution is 0.189. The van der Waals surface area contributed by atoms with Gasteiger partial charge in [0, 0.05) is 30.9 Å². The molecule has 1 aliphatic heterocycles. The monoisotopic (exact) mass is 414 g/mol. The van der Waals surface area contributed by atoms with Gasteiger partial charge in [-0.05, 0) is 61.1 Å². The molecule has 1 fully saturated rings. The van der Waals surface area contributed by atoms with E-state index in [9.17, 15) is 0 Å². The zero-order valence-corrected chi connectivity index (χ0v) is 18.0. The highest BCUT2D eigenvalue weighted by molar-refractivity contribution is 7.71. The van der Waals surface area contributed by atoms with E-state index in [0.717, 1.165) is 42.4 Å². The van der Waals surface area contributed by atoms with Gasteiger partial charge < -0.3 is 9.30 Å². The maximum atomic E-state index is 5.67. The maximum Gasteiger partial charge on any atom is 0.198 e. The molecule has 2 aromatic heterocycles. The number of ether oxygens (including phenoxy) is 1. The van der Waals surface area contributed by atoms with Crippen molar-refractivity contribution in [2.24, 2.45) is 7.05 Å². The fourth-order valence-corrected chi connectivity index (χ4v) is 4.75. The molecule has 3 heterocycles. The summed E-state index contributed by atoms with van der Waals surface area (Å²) < 4.78 is 10.4. The molecule has 3 aromatic rings. The number of hydrogen-bond donors (Lipinski definition) is 0. The molecule has 0 amide bonds. The fraction of sp³-hybridized carbons (Fsp3) is 0.429. The van der Waals surface area contributed by atoms with E-state index >= 15 is 0 Å². The minimum atomic E-state index is 0.403. The van der Waals surface area contributed by atoms with Gasteiger partial charge >= 0.3 is 0 Å². The number of rotatable bonds is 7. The summed E-state index contributed by atoms with van der Waals surface area (Å²) in [4.78, 5) is 3.79. The Morgan fingerprint density at radius 2 is 2.07 bits per heavy atom. The minimum absolute atomic E-state index is 0.403. The first kappa shape index (κ1) is 19.4. The second-order valence-corrected chi connectivity index (χ2v) is 8.52. The SMILES string of the molecule is CCOc1ccc(C2CCCN2Cn2nc(Cc3cccs3)n(C)c2=S)cc1. The first-order valence-corrected chi connectivity index (χ1v) is 11.1. The molecular formula is C21H26N4OS2. The summed E-state index contributed by atoms with van der Waals surface area (Å²) in [5.41, 5.74) is 1.34. The molecule has 0 spiro atoms. The van der Waals surface area contributed by atoms with Crippen LogP contribution >= 0.6 is 23.6 Å². The van der Waals surface area contributed by atoms with E-state index in [1.807, 2.05) is 23.2 Å². The van der Waals surface area contributed by atoms with Crippen LogP contribution in [-0.4, -0.2) is 32.4 Å². The van der Waals surface area contributed by atoms with Gasteiger partial charge in [-0.25, -0.2) is 4.68 Å². The lowest BCUT2D eigenvalue weighted by Gasteiger charge is -2.24. The van der Waals surface area contributed by atoms with Gasteiger partial charge in [0.2, 0.25) is 0 Å². The smallest absolute Gasteiger partial charge is 0.198 e. The standard InChI is InChI=1S/C21H26N4OS2/c1-3-26-17-10-8-16(9-11-17)19-7-4-12-24(19)15-25-21(27)23(2)20(22-25)14-18-6-5-13-28-18/h5-6,8-11,13,19H,3-4,7,12,14-15H2,1-2H3. The van der Waals surface area contributed by atoms with Crippen molar-refractivity contribution < 1.29 is 4.74 Å². The summed E-state index contributed by atoms with van der Waals surface area (Å²) in [7, 11) is 2.02. The Hall–Kier alpha value is -1.96. The molecule has 0 N–H and O–H groups in total. The van der Waals surface area contributed by atoms with Gasteiger partial charge in [0.15, 0.2) is 4.77 Å². The van der Waals surface area contributed by atoms with Crippen molar-refractivity contribution in [3.63, 3.8) is 0 Å². The van der Waals surface area contributed by atoms with Crippen molar-refractivity contribution in [1.29, 1.82) is 0 Å². The molecule has 1 unspecified atom stereocenters. The molecule has 7 heteroatoms. The van der Waals surface area contributed by atoms with Crippen LogP contribution < -0.4 is 4.74 Å². The van der Waals surface area contributed by atoms with Crippen LogP contribution in [0.2, 0.25) is 0 Å². The van der Waals surface area contributed by atoms with Crippen LogP contribution in [0, 0.1) is 4.77 Å². The molecule has 1 aromatic carbocycles. The Morgan fingerprint density at radius 3 is 2.79 bits per heavy atom. The van der Waals surface area contributed by atoms with Gasteiger partial charge in [-0.15, -0.1) is 11.3 Å². The molecule has 0 bridgehead atoms. The average Bonchev–Trinajstić information content (AvgIpc) is 3.43. The minimum Gasteiger partial charge on any atom is -0.494 e. The van der Waals surface area contributed by atoms with Crippen molar-refractivity contribution >= 4 is 23.6 Å². The zero-order chi connectivity index (χ0) is 19.5. The van der Waals surface area contributed by atoms with E-state index in [1.165, 1.54) is 16.9 Å². The van der Waals surface area contributed by atoms with Crippen LogP contribution in [0.25, 0.3) is 0 Å². The lowest BCUT2D eigenvalue weighted by Crippen LogP contribution is -2.27. The van der Waals surface area contributed by atoms with Gasteiger partial charge in [0.1, 0.15) is 11.6 Å². The van der Waals surface area contributed by atoms with Crippen LogP contribution in [0.5, 0.6) is 5.75 Å². The number of aromatic nitrogens is 3. The summed E-state index contributed by atoms with van der Waals surface area (Å²) in [5.74, 6) is 1.95. The largest absolute Gasteiger partial charge is 0.494 e. The van der Waals surface area contributed by atoms with Gasteiger partial charge in [-0.3, -0.25) is 4.90 Å². The number of thiophene rings is 1. The van der Waals surface area contributed by atoms with Gasteiger partial charge in [-0.2, -0.15) is 5.10 Å². The maximum absolute atomic E-state index is 5.67. The first-order chi connectivity index (χ1) is 13.7. The molecular weight excluding hydrogens is 388 g/mol. The summed E-state index contributed by atoms with van der Waals surface area (Å²) in [6, 6.07) is 13.1. The van der Waals surface area contributed by atoms with Crippen LogP contribution in [0.3, 0.4) is 0 Å². The molecule has 28 heavy (non-hydrogen) atoms. The molecule has 4 rings (SSSR count). The highest BCUT2D eigenvalue weighted by Gasteiger charge is 2.27. The van der Waals surface area contributed by atoms with E-state index in [4.69, 9.17) is 22.1 Å². The molecule has 5 nitrogen and oxygen atoms in total. The van der Waals surface area contributed by atoms with E-state index < -0.39 is 0 Å². The summed E-state index contributed by atoms with van der Waals surface area (Å²) in [6.45, 7) is 4.50. The Morgan fingerprint density at radius 1 is 1.25 bits per heavy atom. The Balaban J connectivity index is 1.50. The first-order valence-electron chi connectivity index (χ1n) is 9.77. The fourth-order valence-electron chi connectivity index (χ4n) is 3.85. The van der Waals surface area contributed by atoms with Gasteiger partial charge in [-0.1, -0.05) is 18.2 Å². The van der Waals surface area contributed by atoms with Gasteiger partial charge in [0.25, 0.3) is 0 Å². The Bertz CT molecular complexity index is 959. The summed E-state index contributed by atoms with van der Waals surface area (Å²) in [6.07, 6.45) is 3.18. The van der Waals surface area contributed by atoms with Crippen molar-refractivity contribution in [2.45, 2.75) is 38.9 Å². The molecule has 0 aliphatic carbocycles. The molecule has 1 aliphatic rings. The quantitative estimate of drug-likeness (QED) is 0.521. The summed E-state index contributed by atoms with van der Waals surface area (Å²) >= 11 is 7.43. The normalized spacial score (nSPS) is 17.3. The van der Waals surface area contributed by atoms with Crippen molar-refractivity contribution in [1.82, 2.24) is 19.2 Å². The average molecular weight is 415 g/mol. The highest BCUT2D eigenvalue weighted by atomic mass is 32.1. The topological polar surface area (TPSA) is 35.2 Å². The van der Waals surface area contributed by atoms with Crippen LogP contribution in [0.4, 0.5) is 0 Å². The van der Waals surface area contributed by atoms with Crippen molar-refractivity contribution in [2.75, 3.05) is 13.2 Å². The van der Waals surface area contributed by atoms with E-state index in [1.54, 1.807) is 11.3 Å². The van der Waals surface area contributed by atoms with E-state index in [2.05, 4.69) is 46.7 Å². The Kier molecular flexibility index (Phi) is 5.94. The van der Waals surface area contributed by atoms with Crippen molar-refractivity contribution in [3.05, 3.63) is 62.8 Å². The van der Waals surface area contributed by atoms with Crippen LogP contribution in [0.15, 0.2) is 41.8 Å². The number of benzene rings is 1. The predicted molar refractivity (Wildman–Crippen MR) is 115 cm³/mol. The van der Waals surface area contributed by atoms with E-state index in [0.29, 0.717) is 12.6 Å². The third kappa shape index (κ3) is 4.06. The lowest BCUT2D eigenvalue weighted by atomic mass is 10.0.